The van der Waals surface area contributed by atoms with Crippen molar-refractivity contribution in [2.24, 2.45) is 0 Å². The molecule has 1 unspecified atom stereocenters. The Hall–Kier alpha value is -3.27. The van der Waals surface area contributed by atoms with Crippen molar-refractivity contribution in [2.75, 3.05) is 29.9 Å². The van der Waals surface area contributed by atoms with E-state index in [1.807, 2.05) is 36.4 Å². The molecule has 4 nitrogen and oxygen atoms in total. The highest BCUT2D eigenvalue weighted by molar-refractivity contribution is 5.82. The molecule has 0 N–H and O–H groups in total. The van der Waals surface area contributed by atoms with Gasteiger partial charge in [0.1, 0.15) is 5.58 Å². The second kappa shape index (κ2) is 7.86. The number of rotatable bonds is 5. The van der Waals surface area contributed by atoms with Crippen molar-refractivity contribution in [3.63, 3.8) is 0 Å². The van der Waals surface area contributed by atoms with Crippen LogP contribution < -0.4 is 15.4 Å². The van der Waals surface area contributed by atoms with Crippen molar-refractivity contribution in [3.8, 4) is 0 Å². The smallest absolute Gasteiger partial charge is 0.343 e. The lowest BCUT2D eigenvalue weighted by molar-refractivity contribution is 0.559. The second-order valence-corrected chi connectivity index (χ2v) is 7.89. The molecule has 0 saturated heterocycles. The molecule has 1 aliphatic rings. The molecule has 0 aliphatic carbocycles. The van der Waals surface area contributed by atoms with Crippen molar-refractivity contribution in [2.45, 2.75) is 26.3 Å². The number of likely N-dealkylation sites (N-methyl/N-ethyl adjacent to an activating group) is 1. The van der Waals surface area contributed by atoms with E-state index < -0.39 is 0 Å². The van der Waals surface area contributed by atoms with Gasteiger partial charge in [-0.1, -0.05) is 36.4 Å². The van der Waals surface area contributed by atoms with Crippen LogP contribution in [0.1, 0.15) is 31.9 Å². The third-order valence-electron chi connectivity index (χ3n) is 6.10. The van der Waals surface area contributed by atoms with Gasteiger partial charge in [-0.15, -0.1) is 0 Å². The van der Waals surface area contributed by atoms with Gasteiger partial charge >= 0.3 is 5.63 Å². The van der Waals surface area contributed by atoms with Crippen molar-refractivity contribution in [3.05, 3.63) is 82.2 Å². The Kier molecular flexibility index (Phi) is 5.25. The van der Waals surface area contributed by atoms with Gasteiger partial charge in [0.05, 0.1) is 11.1 Å². The first-order valence-electron chi connectivity index (χ1n) is 10.5. The predicted molar refractivity (Wildman–Crippen MR) is 127 cm³/mol. The summed E-state index contributed by atoms with van der Waals surface area (Å²) in [7, 11) is 2.07. The molecular weight excluding hydrogens is 372 g/mol. The van der Waals surface area contributed by atoms with Crippen molar-refractivity contribution in [1.29, 1.82) is 0 Å². The minimum atomic E-state index is -0.331. The van der Waals surface area contributed by atoms with Crippen LogP contribution in [0, 0.1) is 0 Å². The topological polar surface area (TPSA) is 36.7 Å². The third kappa shape index (κ3) is 3.54. The minimum Gasteiger partial charge on any atom is -0.422 e. The molecule has 0 saturated carbocycles. The maximum Gasteiger partial charge on any atom is 0.343 e. The number of para-hydroxylation sites is 1. The minimum absolute atomic E-state index is 0.318. The number of hydrogen-bond donors (Lipinski definition) is 0. The van der Waals surface area contributed by atoms with E-state index >= 15 is 0 Å². The zero-order valence-corrected chi connectivity index (χ0v) is 18.1. The predicted octanol–water partition coefficient (Wildman–Crippen LogP) is 5.57. The molecule has 1 atom stereocenters. The van der Waals surface area contributed by atoms with Crippen LogP contribution in [0.25, 0.3) is 23.1 Å². The van der Waals surface area contributed by atoms with Gasteiger partial charge in [-0.2, -0.15) is 0 Å². The SMILES string of the molecule is CCN(CC)c1ccc2cc(/C=C/C3(C)C=Cc4ccccc4N3C)c(=O)oc2c1. The van der Waals surface area contributed by atoms with Crippen molar-refractivity contribution >= 4 is 34.5 Å². The summed E-state index contributed by atoms with van der Waals surface area (Å²) in [5.74, 6) is 0. The van der Waals surface area contributed by atoms with Gasteiger partial charge in [0.25, 0.3) is 0 Å². The molecule has 0 amide bonds. The number of nitrogens with zero attached hydrogens (tertiary/aromatic N) is 2. The number of benzene rings is 2. The van der Waals surface area contributed by atoms with Gasteiger partial charge in [0, 0.05) is 43.0 Å². The molecule has 2 heterocycles. The summed E-state index contributed by atoms with van der Waals surface area (Å²) in [6.45, 7) is 8.20. The third-order valence-corrected chi connectivity index (χ3v) is 6.10. The van der Waals surface area contributed by atoms with E-state index in [4.69, 9.17) is 4.42 Å². The average Bonchev–Trinajstić information content (AvgIpc) is 2.76. The highest BCUT2D eigenvalue weighted by Crippen LogP contribution is 2.34. The van der Waals surface area contributed by atoms with Gasteiger partial charge < -0.3 is 14.2 Å². The van der Waals surface area contributed by atoms with Crippen LogP contribution in [0.15, 0.2) is 69.9 Å². The summed E-state index contributed by atoms with van der Waals surface area (Å²) < 4.78 is 5.66. The van der Waals surface area contributed by atoms with E-state index in [-0.39, 0.29) is 11.2 Å². The van der Waals surface area contributed by atoms with Crippen molar-refractivity contribution in [1.82, 2.24) is 0 Å². The van der Waals surface area contributed by atoms with E-state index in [0.29, 0.717) is 11.1 Å². The highest BCUT2D eigenvalue weighted by Gasteiger charge is 2.28. The zero-order valence-electron chi connectivity index (χ0n) is 18.1. The Morgan fingerprint density at radius 3 is 2.63 bits per heavy atom. The highest BCUT2D eigenvalue weighted by atomic mass is 16.4. The first-order chi connectivity index (χ1) is 14.4. The van der Waals surface area contributed by atoms with Crippen LogP contribution in [0.4, 0.5) is 11.4 Å². The summed E-state index contributed by atoms with van der Waals surface area (Å²) in [6, 6.07) is 16.3. The van der Waals surface area contributed by atoms with E-state index in [0.717, 1.165) is 24.2 Å². The fourth-order valence-corrected chi connectivity index (χ4v) is 4.01. The second-order valence-electron chi connectivity index (χ2n) is 7.89. The van der Waals surface area contributed by atoms with Gasteiger partial charge in [0.2, 0.25) is 0 Å². The van der Waals surface area contributed by atoms with Crippen LogP contribution in [0.2, 0.25) is 0 Å². The van der Waals surface area contributed by atoms with E-state index in [2.05, 4.69) is 74.0 Å². The Morgan fingerprint density at radius 2 is 1.87 bits per heavy atom. The maximum absolute atomic E-state index is 12.6. The zero-order chi connectivity index (χ0) is 21.3. The standard InChI is InChI=1S/C26H28N2O2/c1-5-28(6-2)22-12-11-20-17-21(25(29)30-24(20)18-22)14-16-26(3)15-13-19-9-7-8-10-23(19)27(26)4/h7-18H,5-6H2,1-4H3/b16-14+. The molecule has 1 aromatic heterocycles. The average molecular weight is 401 g/mol. The Balaban J connectivity index is 1.67. The molecule has 4 rings (SSSR count). The molecule has 4 heteroatoms. The molecular formula is C26H28N2O2. The van der Waals surface area contributed by atoms with Crippen LogP contribution in [-0.4, -0.2) is 25.7 Å². The molecule has 0 bridgehead atoms. The quantitative estimate of drug-likeness (QED) is 0.524. The fourth-order valence-electron chi connectivity index (χ4n) is 4.01. The molecule has 0 radical (unpaired) electrons. The summed E-state index contributed by atoms with van der Waals surface area (Å²) in [5.41, 5.74) is 3.96. The maximum atomic E-state index is 12.6. The Bertz CT molecular complexity index is 1190. The molecule has 2 aromatic carbocycles. The summed E-state index contributed by atoms with van der Waals surface area (Å²) in [5, 5.41) is 0.924. The van der Waals surface area contributed by atoms with Crippen LogP contribution in [0.3, 0.4) is 0 Å². The molecule has 0 fully saturated rings. The Morgan fingerprint density at radius 1 is 1.10 bits per heavy atom. The first kappa shape index (κ1) is 20.0. The van der Waals surface area contributed by atoms with Crippen LogP contribution >= 0.6 is 0 Å². The molecule has 154 valence electrons. The van der Waals surface area contributed by atoms with Crippen LogP contribution in [-0.2, 0) is 0 Å². The lowest BCUT2D eigenvalue weighted by atomic mass is 9.91. The summed E-state index contributed by atoms with van der Waals surface area (Å²) in [6.07, 6.45) is 8.22. The summed E-state index contributed by atoms with van der Waals surface area (Å²) in [4.78, 5) is 17.1. The Labute approximate surface area is 177 Å². The lowest BCUT2D eigenvalue weighted by Gasteiger charge is -2.39. The molecule has 30 heavy (non-hydrogen) atoms. The van der Waals surface area contributed by atoms with Crippen molar-refractivity contribution < 1.29 is 4.42 Å². The number of hydrogen-bond acceptors (Lipinski definition) is 4. The molecule has 3 aromatic rings. The van der Waals surface area contributed by atoms with E-state index in [1.165, 1.54) is 11.3 Å². The van der Waals surface area contributed by atoms with Gasteiger partial charge in [0.15, 0.2) is 0 Å². The fraction of sp³-hybridized carbons (Fsp3) is 0.269. The summed E-state index contributed by atoms with van der Waals surface area (Å²) >= 11 is 0. The number of fused-ring (bicyclic) bond motifs is 2. The molecule has 0 spiro atoms. The van der Waals surface area contributed by atoms with Gasteiger partial charge in [-0.25, -0.2) is 4.79 Å². The lowest BCUT2D eigenvalue weighted by Crippen LogP contribution is -2.42. The normalized spacial score (nSPS) is 18.2. The van der Waals surface area contributed by atoms with E-state index in [9.17, 15) is 4.79 Å². The monoisotopic (exact) mass is 400 g/mol. The largest absolute Gasteiger partial charge is 0.422 e. The van der Waals surface area contributed by atoms with Crippen LogP contribution in [0.5, 0.6) is 0 Å². The first-order valence-corrected chi connectivity index (χ1v) is 10.5. The van der Waals surface area contributed by atoms with Gasteiger partial charge in [-0.3, -0.25) is 0 Å². The van der Waals surface area contributed by atoms with Gasteiger partial charge in [-0.05, 0) is 56.7 Å². The number of anilines is 2. The van der Waals surface area contributed by atoms with E-state index in [1.54, 1.807) is 0 Å². The molecule has 1 aliphatic heterocycles.